The van der Waals surface area contributed by atoms with Crippen molar-refractivity contribution in [3.05, 3.63) is 63.0 Å². The summed E-state index contributed by atoms with van der Waals surface area (Å²) in [6, 6.07) is 8.58. The van der Waals surface area contributed by atoms with E-state index in [1.807, 2.05) is 29.6 Å². The number of anilines is 2. The summed E-state index contributed by atoms with van der Waals surface area (Å²) in [4.78, 5) is 21.6. The minimum atomic E-state index is -0.586. The Morgan fingerprint density at radius 3 is 2.70 bits per heavy atom. The van der Waals surface area contributed by atoms with Crippen molar-refractivity contribution < 1.29 is 23.9 Å². The highest BCUT2D eigenvalue weighted by Crippen LogP contribution is 2.40. The summed E-state index contributed by atoms with van der Waals surface area (Å²) in [5.41, 5.74) is 8.87. The van der Waals surface area contributed by atoms with Gasteiger partial charge in [0.25, 0.3) is 0 Å². The number of carbonyl (C=O) groups excluding carboxylic acids is 1. The van der Waals surface area contributed by atoms with Gasteiger partial charge in [-0.25, -0.2) is 9.78 Å². The molecule has 0 saturated heterocycles. The number of nitrogens with one attached hydrogen (secondary N) is 1. The molecule has 2 aromatic carbocycles. The third kappa shape index (κ3) is 6.17. The van der Waals surface area contributed by atoms with E-state index in [0.717, 1.165) is 11.3 Å². The van der Waals surface area contributed by atoms with Gasteiger partial charge in [-0.2, -0.15) is 16.7 Å². The number of methoxy groups -OCH3 is 2. The molecule has 4 rings (SSSR count). The number of aromatic nitrogens is 3. The van der Waals surface area contributed by atoms with Crippen LogP contribution >= 0.6 is 39.0 Å². The zero-order valence-corrected chi connectivity index (χ0v) is 23.4. The molecule has 0 fully saturated rings. The molecule has 194 valence electrons. The number of halogens is 1. The number of hydrogen-bond donors (Lipinski definition) is 3. The van der Waals surface area contributed by atoms with Crippen molar-refractivity contribution in [3.8, 4) is 22.8 Å². The molecule has 0 aliphatic rings. The first-order valence-corrected chi connectivity index (χ1v) is 13.8. The number of rotatable bonds is 10. The number of ether oxygens (including phenoxy) is 2. The highest BCUT2D eigenvalue weighted by molar-refractivity contribution is 9.10. The van der Waals surface area contributed by atoms with Crippen LogP contribution in [0.5, 0.6) is 11.5 Å². The molecule has 0 aliphatic carbocycles. The molecule has 0 bridgehead atoms. The van der Waals surface area contributed by atoms with Crippen molar-refractivity contribution in [2.45, 2.75) is 18.7 Å². The van der Waals surface area contributed by atoms with Crippen molar-refractivity contribution in [2.24, 2.45) is 0 Å². The summed E-state index contributed by atoms with van der Waals surface area (Å²) >= 11 is 6.31. The van der Waals surface area contributed by atoms with Gasteiger partial charge in [0.2, 0.25) is 5.89 Å². The zero-order chi connectivity index (χ0) is 26.5. The molecule has 2 aromatic heterocycles. The molecule has 0 radical (unpaired) electrons. The molecular weight excluding hydrogens is 582 g/mol. The summed E-state index contributed by atoms with van der Waals surface area (Å²) in [6.45, 7) is 1.75. The van der Waals surface area contributed by atoms with E-state index >= 15 is 0 Å². The van der Waals surface area contributed by atoms with Gasteiger partial charge in [0.05, 0.1) is 29.9 Å². The first kappa shape index (κ1) is 26.8. The Bertz CT molecular complexity index is 1390. The normalized spacial score (nSPS) is 11.8. The molecule has 10 nitrogen and oxygen atoms in total. The van der Waals surface area contributed by atoms with Crippen molar-refractivity contribution in [1.29, 1.82) is 0 Å². The van der Waals surface area contributed by atoms with Gasteiger partial charge in [-0.05, 0) is 35.0 Å². The third-order valence-electron chi connectivity index (χ3n) is 5.30. The van der Waals surface area contributed by atoms with E-state index < -0.39 is 5.97 Å². The highest BCUT2D eigenvalue weighted by Gasteiger charge is 2.25. The van der Waals surface area contributed by atoms with E-state index in [-0.39, 0.29) is 17.4 Å². The molecule has 4 aromatic rings. The summed E-state index contributed by atoms with van der Waals surface area (Å²) < 4.78 is 16.0. The van der Waals surface area contributed by atoms with Gasteiger partial charge in [-0.1, -0.05) is 17.3 Å². The molecule has 13 heteroatoms. The Labute approximate surface area is 229 Å². The van der Waals surface area contributed by atoms with E-state index in [2.05, 4.69) is 36.4 Å². The molecule has 1 unspecified atom stereocenters. The number of carbonyl (C=O) groups is 1. The highest BCUT2D eigenvalue weighted by atomic mass is 79.9. The second-order valence-electron chi connectivity index (χ2n) is 7.81. The number of phenolic OH excluding ortho intramolecular Hbond substituents is 1. The maximum absolute atomic E-state index is 12.5. The topological polar surface area (TPSA) is 146 Å². The predicted octanol–water partition coefficient (Wildman–Crippen LogP) is 5.43. The Hall–Kier alpha value is -3.29. The summed E-state index contributed by atoms with van der Waals surface area (Å²) in [7, 11) is 2.74. The van der Waals surface area contributed by atoms with E-state index in [0.29, 0.717) is 49.8 Å². The summed E-state index contributed by atoms with van der Waals surface area (Å²) in [6.07, 6.45) is 0. The number of nitrogens with two attached hydrogens (primary N) is 1. The van der Waals surface area contributed by atoms with Crippen molar-refractivity contribution in [2.75, 3.05) is 31.0 Å². The number of hydrogen-bond acceptors (Lipinski definition) is 12. The first-order valence-electron chi connectivity index (χ1n) is 10.9. The lowest BCUT2D eigenvalue weighted by molar-refractivity contribution is 0.0597. The van der Waals surface area contributed by atoms with Gasteiger partial charge in [0, 0.05) is 39.8 Å². The fourth-order valence-corrected chi connectivity index (χ4v) is 5.98. The Balaban J connectivity index is 1.54. The molecule has 0 saturated carbocycles. The number of thiazole rings is 1. The number of benzene rings is 2. The van der Waals surface area contributed by atoms with Crippen molar-refractivity contribution in [3.63, 3.8) is 0 Å². The molecule has 0 spiro atoms. The second kappa shape index (κ2) is 11.8. The predicted molar refractivity (Wildman–Crippen MR) is 147 cm³/mol. The number of aromatic hydroxyl groups is 1. The number of thioether (sulfide) groups is 1. The van der Waals surface area contributed by atoms with Crippen molar-refractivity contribution in [1.82, 2.24) is 15.1 Å². The van der Waals surface area contributed by atoms with E-state index in [9.17, 15) is 9.90 Å². The standard InChI is InChI=1S/C24H24BrN5O5S2/c1-12-27-22(35-30-12)17(29-24-28-16(11-37-24)13-4-6-14(26)7-5-13)10-36-9-15-18(31)8-19(33-2)21(25)20(15)23(32)34-3/h4-8,11,17,31H,9-10,26H2,1-3H3,(H,28,29). The van der Waals surface area contributed by atoms with Crippen LogP contribution in [0.4, 0.5) is 10.8 Å². The lowest BCUT2D eigenvalue weighted by atomic mass is 10.1. The SMILES string of the molecule is COC(=O)c1c(Br)c(OC)cc(O)c1CSCC(Nc1nc(-c2ccc(N)cc2)cs1)c1nc(C)no1. The quantitative estimate of drug-likeness (QED) is 0.157. The molecule has 1 atom stereocenters. The van der Waals surface area contributed by atoms with E-state index in [1.165, 1.54) is 43.4 Å². The van der Waals surface area contributed by atoms with Crippen LogP contribution < -0.4 is 15.8 Å². The molecule has 37 heavy (non-hydrogen) atoms. The fraction of sp³-hybridized carbons (Fsp3) is 0.250. The van der Waals surface area contributed by atoms with Crippen LogP contribution in [0.3, 0.4) is 0 Å². The maximum Gasteiger partial charge on any atom is 0.339 e. The Kier molecular flexibility index (Phi) is 8.56. The van der Waals surface area contributed by atoms with Crippen molar-refractivity contribution >= 4 is 55.8 Å². The molecular formula is C24H24BrN5O5S2. The Morgan fingerprint density at radius 2 is 2.05 bits per heavy atom. The minimum Gasteiger partial charge on any atom is -0.507 e. The lowest BCUT2D eigenvalue weighted by Gasteiger charge is -2.17. The number of nitrogens with zero attached hydrogens (tertiary/aromatic N) is 3. The van der Waals surface area contributed by atoms with Crippen LogP contribution in [0.25, 0.3) is 11.3 Å². The monoisotopic (exact) mass is 605 g/mol. The average Bonchev–Trinajstić information content (AvgIpc) is 3.54. The van der Waals surface area contributed by atoms with Crippen LogP contribution in [0.15, 0.2) is 44.7 Å². The Morgan fingerprint density at radius 1 is 1.30 bits per heavy atom. The number of aryl methyl sites for hydroxylation is 1. The number of phenols is 1. The third-order valence-corrected chi connectivity index (χ3v) is 7.93. The van der Waals surface area contributed by atoms with Gasteiger partial charge < -0.3 is 30.2 Å². The van der Waals surface area contributed by atoms with Crippen LogP contribution in [0.2, 0.25) is 0 Å². The van der Waals surface area contributed by atoms with Gasteiger partial charge >= 0.3 is 5.97 Å². The summed E-state index contributed by atoms with van der Waals surface area (Å²) in [5, 5.41) is 20.5. The maximum atomic E-state index is 12.5. The van der Waals surface area contributed by atoms with E-state index in [1.54, 1.807) is 6.92 Å². The summed E-state index contributed by atoms with van der Waals surface area (Å²) in [5.74, 6) is 1.37. The van der Waals surface area contributed by atoms with Crippen LogP contribution in [-0.4, -0.2) is 46.2 Å². The van der Waals surface area contributed by atoms with Crippen LogP contribution in [0.1, 0.15) is 33.7 Å². The average molecular weight is 607 g/mol. The largest absolute Gasteiger partial charge is 0.507 e. The number of nitrogen functional groups attached to an aromatic ring is 1. The van der Waals surface area contributed by atoms with E-state index in [4.69, 9.17) is 19.7 Å². The molecule has 0 aliphatic heterocycles. The minimum absolute atomic E-state index is 0.0702. The fourth-order valence-electron chi connectivity index (χ4n) is 3.45. The molecule has 0 amide bonds. The van der Waals surface area contributed by atoms with Crippen LogP contribution in [-0.2, 0) is 10.5 Å². The van der Waals surface area contributed by atoms with Gasteiger partial charge in [0.1, 0.15) is 17.5 Å². The number of esters is 1. The van der Waals surface area contributed by atoms with Gasteiger partial charge in [-0.15, -0.1) is 11.3 Å². The smallest absolute Gasteiger partial charge is 0.339 e. The van der Waals surface area contributed by atoms with Crippen LogP contribution in [0, 0.1) is 6.92 Å². The second-order valence-corrected chi connectivity index (χ2v) is 10.5. The van der Waals surface area contributed by atoms with Gasteiger partial charge in [-0.3, -0.25) is 0 Å². The first-order chi connectivity index (χ1) is 17.8. The zero-order valence-electron chi connectivity index (χ0n) is 20.1. The molecule has 4 N–H and O–H groups in total. The van der Waals surface area contributed by atoms with Gasteiger partial charge in [0.15, 0.2) is 11.0 Å². The molecule has 2 heterocycles. The lowest BCUT2D eigenvalue weighted by Crippen LogP contribution is -2.14.